The van der Waals surface area contributed by atoms with Crippen molar-refractivity contribution in [2.45, 2.75) is 19.5 Å². The van der Waals surface area contributed by atoms with Crippen molar-refractivity contribution in [3.63, 3.8) is 0 Å². The Morgan fingerprint density at radius 2 is 1.91 bits per heavy atom. The minimum atomic E-state index is -4.64. The maximum Gasteiger partial charge on any atom is 0.394 e. The number of carboxylic acid groups (broad SMARTS) is 1. The van der Waals surface area contributed by atoms with E-state index < -0.39 is 43.0 Å². The summed E-state index contributed by atoms with van der Waals surface area (Å²) in [5.41, 5.74) is 1.06. The van der Waals surface area contributed by atoms with Crippen LogP contribution in [0.1, 0.15) is 22.8 Å². The third kappa shape index (κ3) is 3.08. The van der Waals surface area contributed by atoms with Gasteiger partial charge in [0.25, 0.3) is 5.91 Å². The monoisotopic (exact) mass is 315 g/mol. The number of aliphatic carboxylic acids is 1. The average molecular weight is 315 g/mol. The van der Waals surface area contributed by atoms with Gasteiger partial charge in [0.05, 0.1) is 11.8 Å². The van der Waals surface area contributed by atoms with Gasteiger partial charge in [-0.05, 0) is 18.1 Å². The number of nitrogens with zero attached hydrogens (tertiary/aromatic N) is 1. The lowest BCUT2D eigenvalue weighted by molar-refractivity contribution is -0.187. The van der Waals surface area contributed by atoms with E-state index >= 15 is 0 Å². The van der Waals surface area contributed by atoms with Crippen LogP contribution in [0.4, 0.5) is 13.2 Å². The molecule has 120 valence electrons. The summed E-state index contributed by atoms with van der Waals surface area (Å²) in [6, 6.07) is 6.67. The summed E-state index contributed by atoms with van der Waals surface area (Å²) < 4.78 is 38.9. The smallest absolute Gasteiger partial charge is 0.394 e. The molecule has 1 N–H and O–H groups in total. The lowest BCUT2D eigenvalue weighted by atomic mass is 9.96. The molecule has 2 atom stereocenters. The Balaban J connectivity index is 2.27. The second kappa shape index (κ2) is 5.98. The summed E-state index contributed by atoms with van der Waals surface area (Å²) in [5.74, 6) is -5.71. The Morgan fingerprint density at radius 3 is 2.41 bits per heavy atom. The molecule has 0 radical (unpaired) electrons. The van der Waals surface area contributed by atoms with Crippen LogP contribution in [-0.4, -0.2) is 41.1 Å². The Kier molecular flexibility index (Phi) is 4.44. The molecule has 2 rings (SSSR count). The van der Waals surface area contributed by atoms with Gasteiger partial charge in [-0.25, -0.2) is 0 Å². The molecule has 4 nitrogen and oxygen atoms in total. The molecule has 1 saturated heterocycles. The van der Waals surface area contributed by atoms with E-state index in [0.29, 0.717) is 12.0 Å². The number of aryl methyl sites for hydroxylation is 1. The standard InChI is InChI=1S/C15H16F3NO3/c1-2-9-5-3-4-6-10(9)13(20)19-7-11(14(21)22)12(8-19)15(16,17)18/h3-6,11-12H,2,7-8H2,1H3,(H,21,22)/t11-,12-/m1/s1. The number of alkyl halides is 3. The van der Waals surface area contributed by atoms with Crippen molar-refractivity contribution in [2.24, 2.45) is 11.8 Å². The van der Waals surface area contributed by atoms with E-state index in [9.17, 15) is 22.8 Å². The number of benzene rings is 1. The Bertz CT molecular complexity index is 586. The lowest BCUT2D eigenvalue weighted by Gasteiger charge is -2.19. The van der Waals surface area contributed by atoms with Crippen molar-refractivity contribution in [3.8, 4) is 0 Å². The van der Waals surface area contributed by atoms with Crippen LogP contribution in [-0.2, 0) is 11.2 Å². The van der Waals surface area contributed by atoms with Crippen LogP contribution in [0, 0.1) is 11.8 Å². The molecule has 0 saturated carbocycles. The lowest BCUT2D eigenvalue weighted by Crippen LogP contribution is -2.34. The van der Waals surface area contributed by atoms with Crippen molar-refractivity contribution >= 4 is 11.9 Å². The van der Waals surface area contributed by atoms with Crippen LogP contribution in [0.2, 0.25) is 0 Å². The first-order valence-electron chi connectivity index (χ1n) is 6.92. The number of halogens is 3. The quantitative estimate of drug-likeness (QED) is 0.933. The fourth-order valence-electron chi connectivity index (χ4n) is 2.76. The zero-order chi connectivity index (χ0) is 16.5. The maximum absolute atomic E-state index is 13.0. The first-order valence-corrected chi connectivity index (χ1v) is 6.92. The number of hydrogen-bond acceptors (Lipinski definition) is 2. The Labute approximate surface area is 125 Å². The molecule has 0 spiro atoms. The molecular weight excluding hydrogens is 299 g/mol. The number of carbonyl (C=O) groups excluding carboxylic acids is 1. The van der Waals surface area contributed by atoms with Crippen LogP contribution in [0.15, 0.2) is 24.3 Å². The topological polar surface area (TPSA) is 57.6 Å². The summed E-state index contributed by atoms with van der Waals surface area (Å²) in [7, 11) is 0. The zero-order valence-electron chi connectivity index (χ0n) is 11.9. The van der Waals surface area contributed by atoms with E-state index in [1.807, 2.05) is 6.92 Å². The number of carboxylic acids is 1. The van der Waals surface area contributed by atoms with E-state index in [0.717, 1.165) is 10.5 Å². The molecule has 7 heteroatoms. The first-order chi connectivity index (χ1) is 10.3. The normalized spacial score (nSPS) is 21.9. The second-order valence-electron chi connectivity index (χ2n) is 5.31. The molecule has 1 amide bonds. The molecule has 22 heavy (non-hydrogen) atoms. The number of rotatable bonds is 3. The van der Waals surface area contributed by atoms with Crippen LogP contribution < -0.4 is 0 Å². The molecule has 0 aromatic heterocycles. The van der Waals surface area contributed by atoms with Gasteiger partial charge < -0.3 is 10.0 Å². The molecule has 1 fully saturated rings. The van der Waals surface area contributed by atoms with Gasteiger partial charge in [-0.1, -0.05) is 25.1 Å². The molecular formula is C15H16F3NO3. The molecule has 1 heterocycles. The van der Waals surface area contributed by atoms with Crippen LogP contribution >= 0.6 is 0 Å². The highest BCUT2D eigenvalue weighted by Crippen LogP contribution is 2.38. The molecule has 0 bridgehead atoms. The number of hydrogen-bond donors (Lipinski definition) is 1. The third-order valence-corrected chi connectivity index (χ3v) is 3.97. The highest BCUT2D eigenvalue weighted by molar-refractivity contribution is 5.96. The van der Waals surface area contributed by atoms with Gasteiger partial charge in [-0.2, -0.15) is 13.2 Å². The average Bonchev–Trinajstić information content (AvgIpc) is 2.92. The highest BCUT2D eigenvalue weighted by Gasteiger charge is 2.53. The Hall–Kier alpha value is -2.05. The van der Waals surface area contributed by atoms with Crippen molar-refractivity contribution in [3.05, 3.63) is 35.4 Å². The minimum absolute atomic E-state index is 0.331. The molecule has 0 unspecified atom stereocenters. The van der Waals surface area contributed by atoms with E-state index in [4.69, 9.17) is 5.11 Å². The summed E-state index contributed by atoms with van der Waals surface area (Å²) >= 11 is 0. The van der Waals surface area contributed by atoms with Crippen molar-refractivity contribution in [1.82, 2.24) is 4.90 Å². The molecule has 1 aliphatic rings. The first kappa shape index (κ1) is 16.3. The minimum Gasteiger partial charge on any atom is -0.481 e. The molecule has 0 aliphatic carbocycles. The van der Waals surface area contributed by atoms with Gasteiger partial charge in [0.15, 0.2) is 0 Å². The Morgan fingerprint density at radius 1 is 1.27 bits per heavy atom. The van der Waals surface area contributed by atoms with E-state index in [-0.39, 0.29) is 0 Å². The fourth-order valence-corrected chi connectivity index (χ4v) is 2.76. The molecule has 1 aromatic carbocycles. The van der Waals surface area contributed by atoms with Gasteiger partial charge in [0.2, 0.25) is 0 Å². The van der Waals surface area contributed by atoms with Gasteiger partial charge in [0.1, 0.15) is 0 Å². The summed E-state index contributed by atoms with van der Waals surface area (Å²) in [6.07, 6.45) is -4.07. The van der Waals surface area contributed by atoms with E-state index in [1.54, 1.807) is 24.3 Å². The van der Waals surface area contributed by atoms with Gasteiger partial charge in [0, 0.05) is 18.7 Å². The zero-order valence-corrected chi connectivity index (χ0v) is 11.9. The molecule has 1 aliphatic heterocycles. The number of carbonyl (C=O) groups is 2. The van der Waals surface area contributed by atoms with Gasteiger partial charge >= 0.3 is 12.1 Å². The maximum atomic E-state index is 13.0. The predicted octanol–water partition coefficient (Wildman–Crippen LogP) is 2.58. The van der Waals surface area contributed by atoms with Gasteiger partial charge in [-0.3, -0.25) is 9.59 Å². The summed E-state index contributed by atoms with van der Waals surface area (Å²) in [5, 5.41) is 8.98. The van der Waals surface area contributed by atoms with Crippen molar-refractivity contribution in [1.29, 1.82) is 0 Å². The van der Waals surface area contributed by atoms with Crippen molar-refractivity contribution in [2.75, 3.05) is 13.1 Å². The fraction of sp³-hybridized carbons (Fsp3) is 0.467. The van der Waals surface area contributed by atoms with Crippen molar-refractivity contribution < 1.29 is 27.9 Å². The number of amides is 1. The summed E-state index contributed by atoms with van der Waals surface area (Å²) in [4.78, 5) is 24.5. The van der Waals surface area contributed by atoms with Gasteiger partial charge in [-0.15, -0.1) is 0 Å². The van der Waals surface area contributed by atoms with Crippen LogP contribution in [0.3, 0.4) is 0 Å². The number of likely N-dealkylation sites (tertiary alicyclic amines) is 1. The second-order valence-corrected chi connectivity index (χ2v) is 5.31. The summed E-state index contributed by atoms with van der Waals surface area (Å²) in [6.45, 7) is 0.808. The predicted molar refractivity (Wildman–Crippen MR) is 72.4 cm³/mol. The highest BCUT2D eigenvalue weighted by atomic mass is 19.4. The van der Waals surface area contributed by atoms with Crippen LogP contribution in [0.5, 0.6) is 0 Å². The SMILES string of the molecule is CCc1ccccc1C(=O)N1C[C@@H](C(F)(F)F)[C@H](C(=O)O)C1. The van der Waals surface area contributed by atoms with E-state index in [2.05, 4.69) is 0 Å². The van der Waals surface area contributed by atoms with E-state index in [1.165, 1.54) is 0 Å². The largest absolute Gasteiger partial charge is 0.481 e. The third-order valence-electron chi connectivity index (χ3n) is 3.97. The van der Waals surface area contributed by atoms with Crippen LogP contribution in [0.25, 0.3) is 0 Å². The molecule has 1 aromatic rings.